The van der Waals surface area contributed by atoms with E-state index in [0.717, 1.165) is 5.56 Å². The van der Waals surface area contributed by atoms with Gasteiger partial charge in [-0.25, -0.2) is 4.39 Å². The van der Waals surface area contributed by atoms with E-state index in [2.05, 4.69) is 24.0 Å². The lowest BCUT2D eigenvalue weighted by Gasteiger charge is -2.21. The van der Waals surface area contributed by atoms with Gasteiger partial charge in [0, 0.05) is 18.5 Å². The van der Waals surface area contributed by atoms with Crippen LogP contribution in [-0.4, -0.2) is 22.6 Å². The van der Waals surface area contributed by atoms with Gasteiger partial charge in [0.05, 0.1) is 0 Å². The van der Waals surface area contributed by atoms with Gasteiger partial charge < -0.3 is 0 Å². The molecule has 0 radical (unpaired) electrons. The SMILES string of the molecule is CC(C)CN(C(=O)CCc1ccccc1)c1nnc(-c2cccc(F)c2)s1. The fraction of sp³-hybridized carbons (Fsp3) is 0.286. The van der Waals surface area contributed by atoms with E-state index >= 15 is 0 Å². The van der Waals surface area contributed by atoms with Crippen LogP contribution in [0.15, 0.2) is 54.6 Å². The number of amides is 1. The molecule has 0 spiro atoms. The molecule has 2 aromatic carbocycles. The van der Waals surface area contributed by atoms with Gasteiger partial charge in [0.15, 0.2) is 0 Å². The normalized spacial score (nSPS) is 11.0. The van der Waals surface area contributed by atoms with Gasteiger partial charge >= 0.3 is 0 Å². The molecular formula is C21H22FN3OS. The first-order chi connectivity index (χ1) is 13.0. The van der Waals surface area contributed by atoms with Crippen molar-refractivity contribution in [2.24, 2.45) is 5.92 Å². The number of halogens is 1. The number of aryl methyl sites for hydroxylation is 1. The van der Waals surface area contributed by atoms with Crippen LogP contribution < -0.4 is 4.90 Å². The van der Waals surface area contributed by atoms with Gasteiger partial charge in [-0.2, -0.15) is 0 Å². The molecule has 0 atom stereocenters. The summed E-state index contributed by atoms with van der Waals surface area (Å²) < 4.78 is 13.5. The smallest absolute Gasteiger partial charge is 0.229 e. The molecule has 1 heterocycles. The van der Waals surface area contributed by atoms with Gasteiger partial charge in [-0.05, 0) is 30.0 Å². The second-order valence-corrected chi connectivity index (χ2v) is 7.74. The number of anilines is 1. The third-order valence-electron chi connectivity index (χ3n) is 4.04. The molecule has 0 aliphatic heterocycles. The minimum Gasteiger partial charge on any atom is -0.286 e. The number of hydrogen-bond acceptors (Lipinski definition) is 4. The fourth-order valence-electron chi connectivity index (χ4n) is 2.75. The predicted molar refractivity (Wildman–Crippen MR) is 107 cm³/mol. The van der Waals surface area contributed by atoms with Crippen molar-refractivity contribution in [2.75, 3.05) is 11.4 Å². The van der Waals surface area contributed by atoms with E-state index in [4.69, 9.17) is 0 Å². The molecule has 27 heavy (non-hydrogen) atoms. The summed E-state index contributed by atoms with van der Waals surface area (Å²) in [5.74, 6) is 0.00362. The summed E-state index contributed by atoms with van der Waals surface area (Å²) in [5.41, 5.74) is 1.80. The highest BCUT2D eigenvalue weighted by molar-refractivity contribution is 7.18. The molecule has 0 saturated heterocycles. The van der Waals surface area contributed by atoms with Crippen LogP contribution in [-0.2, 0) is 11.2 Å². The molecule has 0 unspecified atom stereocenters. The Morgan fingerprint density at radius 3 is 2.59 bits per heavy atom. The Kier molecular flexibility index (Phi) is 6.29. The first-order valence-electron chi connectivity index (χ1n) is 8.96. The monoisotopic (exact) mass is 383 g/mol. The number of nitrogens with zero attached hydrogens (tertiary/aromatic N) is 3. The highest BCUT2D eigenvalue weighted by atomic mass is 32.1. The van der Waals surface area contributed by atoms with Crippen LogP contribution in [0.2, 0.25) is 0 Å². The highest BCUT2D eigenvalue weighted by Gasteiger charge is 2.21. The maximum atomic E-state index is 13.5. The summed E-state index contributed by atoms with van der Waals surface area (Å²) in [4.78, 5) is 14.6. The van der Waals surface area contributed by atoms with Gasteiger partial charge in [0.1, 0.15) is 10.8 Å². The minimum absolute atomic E-state index is 0.0227. The fourth-order valence-corrected chi connectivity index (χ4v) is 3.61. The topological polar surface area (TPSA) is 46.1 Å². The molecule has 0 fully saturated rings. The highest BCUT2D eigenvalue weighted by Crippen LogP contribution is 2.30. The number of aromatic nitrogens is 2. The van der Waals surface area contributed by atoms with Crippen molar-refractivity contribution >= 4 is 22.4 Å². The summed E-state index contributed by atoms with van der Waals surface area (Å²) in [6.45, 7) is 4.70. The van der Waals surface area contributed by atoms with Gasteiger partial charge in [-0.1, -0.05) is 67.6 Å². The van der Waals surface area contributed by atoms with E-state index in [9.17, 15) is 9.18 Å². The molecule has 6 heteroatoms. The molecule has 0 N–H and O–H groups in total. The standard InChI is InChI=1S/C21H22FN3OS/c1-15(2)14-25(19(26)12-11-16-7-4-3-5-8-16)21-24-23-20(27-21)17-9-6-10-18(22)13-17/h3-10,13,15H,11-12,14H2,1-2H3. The van der Waals surface area contributed by atoms with Crippen molar-refractivity contribution < 1.29 is 9.18 Å². The zero-order valence-electron chi connectivity index (χ0n) is 15.4. The van der Waals surface area contributed by atoms with Crippen molar-refractivity contribution in [3.63, 3.8) is 0 Å². The zero-order chi connectivity index (χ0) is 19.2. The van der Waals surface area contributed by atoms with Crippen LogP contribution >= 0.6 is 11.3 Å². The quantitative estimate of drug-likeness (QED) is 0.579. The van der Waals surface area contributed by atoms with E-state index in [1.807, 2.05) is 30.3 Å². The molecular weight excluding hydrogens is 361 g/mol. The second kappa shape index (κ2) is 8.86. The van der Waals surface area contributed by atoms with Gasteiger partial charge in [-0.15, -0.1) is 10.2 Å². The van der Waals surface area contributed by atoms with E-state index in [-0.39, 0.29) is 11.7 Å². The molecule has 0 aliphatic carbocycles. The van der Waals surface area contributed by atoms with Crippen LogP contribution in [0.1, 0.15) is 25.8 Å². The lowest BCUT2D eigenvalue weighted by Crippen LogP contribution is -2.34. The van der Waals surface area contributed by atoms with Crippen LogP contribution in [0.5, 0.6) is 0 Å². The summed E-state index contributed by atoms with van der Waals surface area (Å²) in [5, 5.41) is 9.53. The molecule has 140 valence electrons. The number of benzene rings is 2. The number of carbonyl (C=O) groups excluding carboxylic acids is 1. The Labute approximate surface area is 162 Å². The van der Waals surface area contributed by atoms with Crippen LogP contribution in [0.3, 0.4) is 0 Å². The van der Waals surface area contributed by atoms with E-state index in [1.165, 1.54) is 23.5 Å². The Bertz CT molecular complexity index is 895. The van der Waals surface area contributed by atoms with Crippen molar-refractivity contribution in [3.05, 3.63) is 66.0 Å². The Morgan fingerprint density at radius 1 is 1.11 bits per heavy atom. The Balaban J connectivity index is 1.77. The molecule has 0 saturated carbocycles. The maximum absolute atomic E-state index is 13.5. The summed E-state index contributed by atoms with van der Waals surface area (Å²) >= 11 is 1.31. The lowest BCUT2D eigenvalue weighted by molar-refractivity contribution is -0.118. The van der Waals surface area contributed by atoms with E-state index in [0.29, 0.717) is 41.0 Å². The van der Waals surface area contributed by atoms with E-state index < -0.39 is 0 Å². The van der Waals surface area contributed by atoms with Crippen molar-refractivity contribution in [1.82, 2.24) is 10.2 Å². The second-order valence-electron chi connectivity index (χ2n) is 6.78. The minimum atomic E-state index is -0.317. The summed E-state index contributed by atoms with van der Waals surface area (Å²) in [6, 6.07) is 16.2. The van der Waals surface area contributed by atoms with Gasteiger partial charge in [0.2, 0.25) is 11.0 Å². The molecule has 1 amide bonds. The van der Waals surface area contributed by atoms with Gasteiger partial charge in [-0.3, -0.25) is 9.69 Å². The zero-order valence-corrected chi connectivity index (χ0v) is 16.2. The van der Waals surface area contributed by atoms with Crippen molar-refractivity contribution in [2.45, 2.75) is 26.7 Å². The molecule has 3 aromatic rings. The third-order valence-corrected chi connectivity index (χ3v) is 5.03. The number of hydrogen-bond donors (Lipinski definition) is 0. The number of carbonyl (C=O) groups is 1. The predicted octanol–water partition coefficient (Wildman–Crippen LogP) is 4.97. The average molecular weight is 383 g/mol. The maximum Gasteiger partial charge on any atom is 0.229 e. The first kappa shape index (κ1) is 19.2. The van der Waals surface area contributed by atoms with Crippen LogP contribution in [0.25, 0.3) is 10.6 Å². The van der Waals surface area contributed by atoms with E-state index in [1.54, 1.807) is 17.0 Å². The molecule has 0 bridgehead atoms. The third kappa shape index (κ3) is 5.20. The van der Waals surface area contributed by atoms with Crippen LogP contribution in [0.4, 0.5) is 9.52 Å². The largest absolute Gasteiger partial charge is 0.286 e. The van der Waals surface area contributed by atoms with Crippen LogP contribution in [0, 0.1) is 11.7 Å². The first-order valence-corrected chi connectivity index (χ1v) is 9.78. The van der Waals surface area contributed by atoms with Crippen molar-refractivity contribution in [1.29, 1.82) is 0 Å². The summed E-state index contributed by atoms with van der Waals surface area (Å²) in [7, 11) is 0. The molecule has 0 aliphatic rings. The lowest BCUT2D eigenvalue weighted by atomic mass is 10.1. The number of rotatable bonds is 7. The average Bonchev–Trinajstić information content (AvgIpc) is 3.15. The Morgan fingerprint density at radius 2 is 1.89 bits per heavy atom. The van der Waals surface area contributed by atoms with Gasteiger partial charge in [0.25, 0.3) is 0 Å². The molecule has 3 rings (SSSR count). The molecule has 1 aromatic heterocycles. The summed E-state index contributed by atoms with van der Waals surface area (Å²) in [6.07, 6.45) is 1.09. The molecule has 4 nitrogen and oxygen atoms in total. The van der Waals surface area contributed by atoms with Crippen molar-refractivity contribution in [3.8, 4) is 10.6 Å². The Hall–Kier alpha value is -2.60.